The maximum atomic E-state index is 13.2. The van der Waals surface area contributed by atoms with E-state index in [0.717, 1.165) is 0 Å². The second-order valence-corrected chi connectivity index (χ2v) is 11.5. The highest BCUT2D eigenvalue weighted by Gasteiger charge is 2.49. The first-order valence-electron chi connectivity index (χ1n) is 9.55. The van der Waals surface area contributed by atoms with Gasteiger partial charge in [0.2, 0.25) is 0 Å². The zero-order valence-corrected chi connectivity index (χ0v) is 17.3. The van der Waals surface area contributed by atoms with E-state index in [1.54, 1.807) is 0 Å². The summed E-state index contributed by atoms with van der Waals surface area (Å²) in [6.07, 6.45) is 0.484. The molecule has 2 aromatic rings. The van der Waals surface area contributed by atoms with Crippen LogP contribution in [0.15, 0.2) is 60.7 Å². The van der Waals surface area contributed by atoms with Gasteiger partial charge >= 0.3 is 5.97 Å². The summed E-state index contributed by atoms with van der Waals surface area (Å²) in [7, 11) is -2.48. The van der Waals surface area contributed by atoms with Gasteiger partial charge in [0.25, 0.3) is 0 Å². The zero-order chi connectivity index (χ0) is 19.3. The van der Waals surface area contributed by atoms with E-state index < -0.39 is 13.9 Å². The fourth-order valence-electron chi connectivity index (χ4n) is 3.95. The van der Waals surface area contributed by atoms with Gasteiger partial charge in [0.15, 0.2) is 5.79 Å². The Labute approximate surface area is 162 Å². The normalized spacial score (nSPS) is 17.4. The van der Waals surface area contributed by atoms with Crippen LogP contribution in [0.2, 0.25) is 12.1 Å². The summed E-state index contributed by atoms with van der Waals surface area (Å²) in [5, 5.41) is 2.41. The molecule has 0 aliphatic carbocycles. The molecule has 5 heteroatoms. The van der Waals surface area contributed by atoms with Gasteiger partial charge in [0.1, 0.15) is 8.07 Å². The Balaban J connectivity index is 2.11. The molecule has 0 amide bonds. The molecule has 4 nitrogen and oxygen atoms in total. The fraction of sp³-hybridized carbons (Fsp3) is 0.409. The molecule has 1 aliphatic heterocycles. The number of esters is 1. The van der Waals surface area contributed by atoms with Crippen LogP contribution >= 0.6 is 0 Å². The molecule has 0 saturated carbocycles. The van der Waals surface area contributed by atoms with Crippen molar-refractivity contribution in [3.63, 3.8) is 0 Å². The van der Waals surface area contributed by atoms with Gasteiger partial charge in [-0.25, -0.2) is 0 Å². The van der Waals surface area contributed by atoms with Crippen molar-refractivity contribution >= 4 is 24.4 Å². The third kappa shape index (κ3) is 4.15. The minimum Gasteiger partial charge on any atom is -0.466 e. The molecule has 0 radical (unpaired) electrons. The van der Waals surface area contributed by atoms with Crippen LogP contribution in [-0.2, 0) is 19.0 Å². The Morgan fingerprint density at radius 1 is 1.04 bits per heavy atom. The molecule has 27 heavy (non-hydrogen) atoms. The number of carbonyl (C=O) groups excluding carboxylic acids is 1. The molecule has 1 saturated heterocycles. The van der Waals surface area contributed by atoms with Crippen LogP contribution in [0, 0.1) is 0 Å². The molecule has 0 aromatic heterocycles. The van der Waals surface area contributed by atoms with Crippen LogP contribution in [-0.4, -0.2) is 39.7 Å². The molecule has 0 N–H and O–H groups in total. The second-order valence-electron chi connectivity index (χ2n) is 7.27. The van der Waals surface area contributed by atoms with Gasteiger partial charge in [-0.1, -0.05) is 77.6 Å². The van der Waals surface area contributed by atoms with Gasteiger partial charge in [-0.15, -0.1) is 0 Å². The lowest BCUT2D eigenvalue weighted by molar-refractivity contribution is -0.161. The van der Waals surface area contributed by atoms with E-state index in [-0.39, 0.29) is 11.5 Å². The zero-order valence-electron chi connectivity index (χ0n) is 16.3. The van der Waals surface area contributed by atoms with E-state index in [4.69, 9.17) is 14.2 Å². The lowest BCUT2D eigenvalue weighted by Crippen LogP contribution is -2.62. The topological polar surface area (TPSA) is 44.8 Å². The lowest BCUT2D eigenvalue weighted by Gasteiger charge is -2.38. The van der Waals surface area contributed by atoms with Crippen LogP contribution in [0.25, 0.3) is 0 Å². The highest BCUT2D eigenvalue weighted by molar-refractivity contribution is 7.04. The molecule has 1 atom stereocenters. The van der Waals surface area contributed by atoms with Crippen molar-refractivity contribution in [2.75, 3.05) is 19.8 Å². The van der Waals surface area contributed by atoms with Crippen LogP contribution in [0.1, 0.15) is 20.3 Å². The van der Waals surface area contributed by atoms with Gasteiger partial charge < -0.3 is 14.2 Å². The summed E-state index contributed by atoms with van der Waals surface area (Å²) in [4.78, 5) is 13.2. The van der Waals surface area contributed by atoms with E-state index in [0.29, 0.717) is 26.2 Å². The number of ether oxygens (including phenoxy) is 3. The van der Waals surface area contributed by atoms with E-state index >= 15 is 0 Å². The number of hydrogen-bond donors (Lipinski definition) is 0. The van der Waals surface area contributed by atoms with Gasteiger partial charge in [0, 0.05) is 6.42 Å². The fourth-order valence-corrected chi connectivity index (χ4v) is 8.19. The predicted octanol–water partition coefficient (Wildman–Crippen LogP) is 2.97. The summed E-state index contributed by atoms with van der Waals surface area (Å²) >= 11 is 0. The van der Waals surface area contributed by atoms with Crippen LogP contribution < -0.4 is 10.4 Å². The Morgan fingerprint density at radius 2 is 1.52 bits per heavy atom. The van der Waals surface area contributed by atoms with E-state index in [9.17, 15) is 4.79 Å². The molecule has 0 bridgehead atoms. The Morgan fingerprint density at radius 3 is 1.96 bits per heavy atom. The van der Waals surface area contributed by atoms with E-state index in [1.165, 1.54) is 10.4 Å². The third-order valence-electron chi connectivity index (χ3n) is 5.49. The summed E-state index contributed by atoms with van der Waals surface area (Å²) in [5.41, 5.74) is -0.314. The Kier molecular flexibility index (Phi) is 6.14. The van der Waals surface area contributed by atoms with Crippen LogP contribution in [0.3, 0.4) is 0 Å². The van der Waals surface area contributed by atoms with Gasteiger partial charge in [-0.05, 0) is 13.8 Å². The molecule has 2 aromatic carbocycles. The molecule has 0 spiro atoms. The highest BCUT2D eigenvalue weighted by atomic mass is 28.3. The minimum absolute atomic E-state index is 0.167. The number of benzene rings is 2. The largest absolute Gasteiger partial charge is 0.466 e. The van der Waals surface area contributed by atoms with Crippen molar-refractivity contribution in [3.05, 3.63) is 60.7 Å². The Bertz CT molecular complexity index is 702. The van der Waals surface area contributed by atoms with Crippen molar-refractivity contribution in [2.24, 2.45) is 0 Å². The summed E-state index contributed by atoms with van der Waals surface area (Å²) < 4.78 is 17.2. The molecule has 144 valence electrons. The number of rotatable bonds is 7. The SMILES string of the molecule is CCOC(=O)C(CC1(C)OCCO1)[Si](C)(c1ccccc1)c1ccccc1. The molecule has 1 aliphatic rings. The summed E-state index contributed by atoms with van der Waals surface area (Å²) in [5.74, 6) is -0.922. The molecule has 3 rings (SSSR count). The molecule has 1 fully saturated rings. The van der Waals surface area contributed by atoms with Crippen molar-refractivity contribution in [1.29, 1.82) is 0 Å². The molecule has 1 heterocycles. The lowest BCUT2D eigenvalue weighted by atomic mass is 10.1. The summed E-state index contributed by atoms with van der Waals surface area (Å²) in [6.45, 7) is 7.50. The van der Waals surface area contributed by atoms with Crippen LogP contribution in [0.5, 0.6) is 0 Å². The predicted molar refractivity (Wildman–Crippen MR) is 109 cm³/mol. The first-order chi connectivity index (χ1) is 13.0. The number of carbonyl (C=O) groups is 1. The van der Waals surface area contributed by atoms with Crippen molar-refractivity contribution < 1.29 is 19.0 Å². The van der Waals surface area contributed by atoms with Gasteiger partial charge in [-0.2, -0.15) is 0 Å². The third-order valence-corrected chi connectivity index (χ3v) is 10.4. The molecular weight excluding hydrogens is 356 g/mol. The van der Waals surface area contributed by atoms with Crippen molar-refractivity contribution in [1.82, 2.24) is 0 Å². The first kappa shape index (κ1) is 19.8. The average Bonchev–Trinajstić information content (AvgIpc) is 3.13. The monoisotopic (exact) mass is 384 g/mol. The van der Waals surface area contributed by atoms with Crippen molar-refractivity contribution in [3.8, 4) is 0 Å². The average molecular weight is 385 g/mol. The van der Waals surface area contributed by atoms with E-state index in [2.05, 4.69) is 30.8 Å². The Hall–Kier alpha value is -1.95. The smallest absolute Gasteiger partial charge is 0.307 e. The van der Waals surface area contributed by atoms with Gasteiger partial charge in [-0.3, -0.25) is 4.79 Å². The van der Waals surface area contributed by atoms with Crippen molar-refractivity contribution in [2.45, 2.75) is 38.1 Å². The molecule has 1 unspecified atom stereocenters. The maximum absolute atomic E-state index is 13.2. The quantitative estimate of drug-likeness (QED) is 0.544. The first-order valence-corrected chi connectivity index (χ1v) is 12.1. The van der Waals surface area contributed by atoms with Gasteiger partial charge in [0.05, 0.1) is 25.4 Å². The number of hydrogen-bond acceptors (Lipinski definition) is 4. The minimum atomic E-state index is -2.48. The van der Waals surface area contributed by atoms with Crippen LogP contribution in [0.4, 0.5) is 0 Å². The highest BCUT2D eigenvalue weighted by Crippen LogP contribution is 2.36. The standard InChI is InChI=1S/C22H28O4Si/c1-4-24-21(23)20(17-22(2)25-15-16-26-22)27(3,18-11-7-5-8-12-18)19-13-9-6-10-14-19/h5-14,20H,4,15-17H2,1-3H3. The second kappa shape index (κ2) is 8.38. The maximum Gasteiger partial charge on any atom is 0.307 e. The van der Waals surface area contributed by atoms with E-state index in [1.807, 2.05) is 50.2 Å². The molecular formula is C22H28O4Si. The summed E-state index contributed by atoms with van der Waals surface area (Å²) in [6, 6.07) is 20.7.